The summed E-state index contributed by atoms with van der Waals surface area (Å²) >= 11 is 0. The van der Waals surface area contributed by atoms with Crippen molar-refractivity contribution < 1.29 is 9.18 Å². The Hall–Kier alpha value is -2.63. The van der Waals surface area contributed by atoms with Gasteiger partial charge in [-0.3, -0.25) is 0 Å². The first kappa shape index (κ1) is 18.2. The van der Waals surface area contributed by atoms with Crippen molar-refractivity contribution in [3.63, 3.8) is 0 Å². The standard InChI is InChI=1S/C20H25FN4O/c21-16-8-6-15(7-9-16)12-13-22-19-11-10-18(14-23-19)25-20(26)24-17-4-2-1-3-5-17/h6-11,14,17H,1-5,12-13H2,(H,22,23)(H2,24,25,26). The van der Waals surface area contributed by atoms with Gasteiger partial charge in [0.15, 0.2) is 0 Å². The minimum Gasteiger partial charge on any atom is -0.370 e. The average molecular weight is 356 g/mol. The molecular formula is C20H25FN4O. The Kier molecular flexibility index (Phi) is 6.41. The molecule has 0 bridgehead atoms. The molecule has 2 aromatic rings. The number of hydrogen-bond acceptors (Lipinski definition) is 3. The Morgan fingerprint density at radius 1 is 1.08 bits per heavy atom. The Labute approximate surface area is 153 Å². The number of hydrogen-bond donors (Lipinski definition) is 3. The van der Waals surface area contributed by atoms with Gasteiger partial charge in [0.05, 0.1) is 11.9 Å². The Morgan fingerprint density at radius 2 is 1.85 bits per heavy atom. The number of halogens is 1. The van der Waals surface area contributed by atoms with Crippen LogP contribution in [0.2, 0.25) is 0 Å². The van der Waals surface area contributed by atoms with Crippen LogP contribution in [0.5, 0.6) is 0 Å². The maximum Gasteiger partial charge on any atom is 0.319 e. The number of nitrogens with zero attached hydrogens (tertiary/aromatic N) is 1. The number of carbonyl (C=O) groups excluding carboxylic acids is 1. The average Bonchev–Trinajstić information content (AvgIpc) is 2.65. The van der Waals surface area contributed by atoms with Crippen LogP contribution in [0.4, 0.5) is 20.7 Å². The van der Waals surface area contributed by atoms with Crippen LogP contribution in [0.25, 0.3) is 0 Å². The van der Waals surface area contributed by atoms with E-state index >= 15 is 0 Å². The highest BCUT2D eigenvalue weighted by molar-refractivity contribution is 5.89. The number of benzene rings is 1. The van der Waals surface area contributed by atoms with Crippen molar-refractivity contribution in [2.24, 2.45) is 0 Å². The van der Waals surface area contributed by atoms with Crippen molar-refractivity contribution >= 4 is 17.5 Å². The Bertz CT molecular complexity index is 697. The highest BCUT2D eigenvalue weighted by Crippen LogP contribution is 2.17. The molecule has 0 atom stereocenters. The van der Waals surface area contributed by atoms with Gasteiger partial charge in [0.2, 0.25) is 0 Å². The molecule has 1 saturated carbocycles. The van der Waals surface area contributed by atoms with E-state index in [1.807, 2.05) is 12.1 Å². The van der Waals surface area contributed by atoms with Crippen LogP contribution >= 0.6 is 0 Å². The maximum atomic E-state index is 12.9. The zero-order valence-electron chi connectivity index (χ0n) is 14.8. The van der Waals surface area contributed by atoms with Gasteiger partial charge in [-0.25, -0.2) is 14.2 Å². The molecule has 0 spiro atoms. The number of amides is 2. The van der Waals surface area contributed by atoms with E-state index in [1.54, 1.807) is 18.3 Å². The number of urea groups is 1. The van der Waals surface area contributed by atoms with E-state index in [4.69, 9.17) is 0 Å². The Balaban J connectivity index is 1.41. The number of pyridine rings is 1. The topological polar surface area (TPSA) is 66.0 Å². The van der Waals surface area contributed by atoms with E-state index in [1.165, 1.54) is 31.4 Å². The number of nitrogens with one attached hydrogen (secondary N) is 3. The van der Waals surface area contributed by atoms with Crippen molar-refractivity contribution in [2.75, 3.05) is 17.2 Å². The molecule has 26 heavy (non-hydrogen) atoms. The molecule has 1 aliphatic carbocycles. The van der Waals surface area contributed by atoms with Crippen LogP contribution in [0, 0.1) is 5.82 Å². The van der Waals surface area contributed by atoms with Crippen LogP contribution < -0.4 is 16.0 Å². The number of anilines is 2. The van der Waals surface area contributed by atoms with Crippen molar-refractivity contribution in [3.05, 3.63) is 54.0 Å². The maximum absolute atomic E-state index is 12.9. The molecule has 1 heterocycles. The molecule has 1 aromatic carbocycles. The Morgan fingerprint density at radius 3 is 2.54 bits per heavy atom. The minimum atomic E-state index is -0.223. The summed E-state index contributed by atoms with van der Waals surface area (Å²) in [6.07, 6.45) is 8.17. The predicted molar refractivity (Wildman–Crippen MR) is 102 cm³/mol. The van der Waals surface area contributed by atoms with E-state index in [0.717, 1.165) is 30.6 Å². The summed E-state index contributed by atoms with van der Waals surface area (Å²) in [5, 5.41) is 9.07. The summed E-state index contributed by atoms with van der Waals surface area (Å²) in [6, 6.07) is 10.3. The van der Waals surface area contributed by atoms with Gasteiger partial charge in [-0.05, 0) is 49.1 Å². The third-order valence-corrected chi connectivity index (χ3v) is 4.59. The van der Waals surface area contributed by atoms with Gasteiger partial charge in [-0.1, -0.05) is 31.4 Å². The van der Waals surface area contributed by atoms with Crippen LogP contribution in [0.15, 0.2) is 42.6 Å². The van der Waals surface area contributed by atoms with Crippen molar-refractivity contribution in [1.82, 2.24) is 10.3 Å². The lowest BCUT2D eigenvalue weighted by molar-refractivity contribution is 0.244. The third kappa shape index (κ3) is 5.72. The van der Waals surface area contributed by atoms with Gasteiger partial charge in [0.25, 0.3) is 0 Å². The molecule has 5 nitrogen and oxygen atoms in total. The lowest BCUT2D eigenvalue weighted by Gasteiger charge is -2.22. The molecule has 3 rings (SSSR count). The first-order valence-electron chi connectivity index (χ1n) is 9.21. The quantitative estimate of drug-likeness (QED) is 0.722. The van der Waals surface area contributed by atoms with Gasteiger partial charge in [0.1, 0.15) is 11.6 Å². The summed E-state index contributed by atoms with van der Waals surface area (Å²) in [5.41, 5.74) is 1.74. The number of carbonyl (C=O) groups is 1. The zero-order chi connectivity index (χ0) is 18.2. The van der Waals surface area contributed by atoms with E-state index in [0.29, 0.717) is 12.2 Å². The molecular weight excluding hydrogens is 331 g/mol. The molecule has 1 aromatic heterocycles. The highest BCUT2D eigenvalue weighted by atomic mass is 19.1. The fourth-order valence-corrected chi connectivity index (χ4v) is 3.16. The van der Waals surface area contributed by atoms with Crippen LogP contribution in [-0.4, -0.2) is 23.6 Å². The van der Waals surface area contributed by atoms with Gasteiger partial charge < -0.3 is 16.0 Å². The summed E-state index contributed by atoms with van der Waals surface area (Å²) < 4.78 is 12.9. The molecule has 0 unspecified atom stereocenters. The SMILES string of the molecule is O=C(Nc1ccc(NCCc2ccc(F)cc2)nc1)NC1CCCCC1. The lowest BCUT2D eigenvalue weighted by Crippen LogP contribution is -2.39. The van der Waals surface area contributed by atoms with Gasteiger partial charge in [-0.15, -0.1) is 0 Å². The molecule has 6 heteroatoms. The van der Waals surface area contributed by atoms with E-state index in [2.05, 4.69) is 20.9 Å². The molecule has 138 valence electrons. The van der Waals surface area contributed by atoms with E-state index < -0.39 is 0 Å². The van der Waals surface area contributed by atoms with Gasteiger partial charge in [-0.2, -0.15) is 0 Å². The smallest absolute Gasteiger partial charge is 0.319 e. The number of rotatable bonds is 6. The minimum absolute atomic E-state index is 0.171. The van der Waals surface area contributed by atoms with Crippen LogP contribution in [0.3, 0.4) is 0 Å². The summed E-state index contributed by atoms with van der Waals surface area (Å²) in [7, 11) is 0. The zero-order valence-corrected chi connectivity index (χ0v) is 14.8. The van der Waals surface area contributed by atoms with Gasteiger partial charge in [0, 0.05) is 12.6 Å². The first-order chi connectivity index (χ1) is 12.7. The monoisotopic (exact) mass is 356 g/mol. The molecule has 3 N–H and O–H groups in total. The number of aromatic nitrogens is 1. The normalized spacial score (nSPS) is 14.7. The molecule has 1 fully saturated rings. The second-order valence-corrected chi connectivity index (χ2v) is 6.67. The highest BCUT2D eigenvalue weighted by Gasteiger charge is 2.15. The van der Waals surface area contributed by atoms with Crippen LogP contribution in [0.1, 0.15) is 37.7 Å². The molecule has 1 aliphatic rings. The summed E-state index contributed by atoms with van der Waals surface area (Å²) in [4.78, 5) is 16.3. The molecule has 0 saturated heterocycles. The second-order valence-electron chi connectivity index (χ2n) is 6.67. The second kappa shape index (κ2) is 9.17. The van der Waals surface area contributed by atoms with Crippen LogP contribution in [-0.2, 0) is 6.42 Å². The van der Waals surface area contributed by atoms with E-state index in [-0.39, 0.29) is 17.9 Å². The molecule has 0 aliphatic heterocycles. The molecule has 0 radical (unpaired) electrons. The van der Waals surface area contributed by atoms with Crippen molar-refractivity contribution in [2.45, 2.75) is 44.6 Å². The van der Waals surface area contributed by atoms with E-state index in [9.17, 15) is 9.18 Å². The third-order valence-electron chi connectivity index (χ3n) is 4.59. The molecule has 2 amide bonds. The van der Waals surface area contributed by atoms with Crippen molar-refractivity contribution in [3.8, 4) is 0 Å². The van der Waals surface area contributed by atoms with Crippen molar-refractivity contribution in [1.29, 1.82) is 0 Å². The summed E-state index contributed by atoms with van der Waals surface area (Å²) in [6.45, 7) is 0.702. The van der Waals surface area contributed by atoms with Gasteiger partial charge >= 0.3 is 6.03 Å². The fraction of sp³-hybridized carbons (Fsp3) is 0.400. The summed E-state index contributed by atoms with van der Waals surface area (Å²) in [5.74, 6) is 0.518. The first-order valence-corrected chi connectivity index (χ1v) is 9.21. The predicted octanol–water partition coefficient (Wildman–Crippen LogP) is 4.33. The fourth-order valence-electron chi connectivity index (χ4n) is 3.16. The largest absolute Gasteiger partial charge is 0.370 e. The lowest BCUT2D eigenvalue weighted by atomic mass is 9.96.